The van der Waals surface area contributed by atoms with Crippen LogP contribution in [-0.4, -0.2) is 64.2 Å². The minimum absolute atomic E-state index is 0.0533. The van der Waals surface area contributed by atoms with E-state index in [9.17, 15) is 18.0 Å². The molecule has 0 radical (unpaired) electrons. The summed E-state index contributed by atoms with van der Waals surface area (Å²) >= 11 is 0. The monoisotopic (exact) mass is 595 g/mol. The Bertz CT molecular complexity index is 1400. The van der Waals surface area contributed by atoms with Gasteiger partial charge in [-0.1, -0.05) is 42.5 Å². The summed E-state index contributed by atoms with van der Waals surface area (Å²) in [6.07, 6.45) is 1.80. The van der Waals surface area contributed by atoms with Crippen LogP contribution < -0.4 is 19.1 Å². The Labute approximate surface area is 249 Å². The van der Waals surface area contributed by atoms with Crippen molar-refractivity contribution in [1.82, 2.24) is 10.2 Å². The second-order valence-corrected chi connectivity index (χ2v) is 11.7. The molecule has 3 aromatic rings. The average molecular weight is 596 g/mol. The zero-order valence-electron chi connectivity index (χ0n) is 24.8. The van der Waals surface area contributed by atoms with Crippen molar-refractivity contribution in [2.45, 2.75) is 45.7 Å². The summed E-state index contributed by atoms with van der Waals surface area (Å²) < 4.78 is 37.5. The van der Waals surface area contributed by atoms with E-state index in [-0.39, 0.29) is 37.7 Å². The van der Waals surface area contributed by atoms with Crippen LogP contribution in [0.5, 0.6) is 11.5 Å². The number of methoxy groups -OCH3 is 1. The molecule has 3 aromatic carbocycles. The molecule has 0 aliphatic heterocycles. The van der Waals surface area contributed by atoms with Gasteiger partial charge in [0.1, 0.15) is 17.5 Å². The number of rotatable bonds is 16. The van der Waals surface area contributed by atoms with Gasteiger partial charge in [-0.05, 0) is 67.8 Å². The maximum atomic E-state index is 13.9. The van der Waals surface area contributed by atoms with Gasteiger partial charge in [-0.2, -0.15) is 0 Å². The topological polar surface area (TPSA) is 105 Å². The number of hydrogen-bond acceptors (Lipinski definition) is 6. The third-order valence-electron chi connectivity index (χ3n) is 6.70. The van der Waals surface area contributed by atoms with Crippen LogP contribution in [0.1, 0.15) is 37.8 Å². The van der Waals surface area contributed by atoms with Gasteiger partial charge in [0.2, 0.25) is 21.8 Å². The van der Waals surface area contributed by atoms with E-state index in [0.29, 0.717) is 36.8 Å². The van der Waals surface area contributed by atoms with Gasteiger partial charge in [0.05, 0.1) is 25.7 Å². The zero-order valence-corrected chi connectivity index (χ0v) is 25.6. The number of nitrogens with one attached hydrogen (secondary N) is 1. The van der Waals surface area contributed by atoms with E-state index < -0.39 is 16.1 Å². The van der Waals surface area contributed by atoms with Gasteiger partial charge in [0.25, 0.3) is 0 Å². The van der Waals surface area contributed by atoms with Crippen molar-refractivity contribution in [2.75, 3.05) is 37.4 Å². The van der Waals surface area contributed by atoms with Crippen molar-refractivity contribution in [3.05, 3.63) is 90.0 Å². The van der Waals surface area contributed by atoms with Crippen LogP contribution in [0.25, 0.3) is 0 Å². The minimum Gasteiger partial charge on any atom is -0.497 e. The molecule has 9 nitrogen and oxygen atoms in total. The first-order valence-electron chi connectivity index (χ1n) is 14.1. The first kappa shape index (κ1) is 32.5. The largest absolute Gasteiger partial charge is 0.497 e. The molecule has 0 aromatic heterocycles. The van der Waals surface area contributed by atoms with Gasteiger partial charge in [-0.25, -0.2) is 8.42 Å². The first-order chi connectivity index (χ1) is 20.2. The standard InChI is InChI=1S/C32H41N3O6S/c1-5-33-32(37)30(23-25-12-8-7-9-13-25)34(24-26-14-10-15-29(22-26)40-3)31(36)16-11-21-35(42(4,38)39)27-17-19-28(20-18-27)41-6-2/h7-10,12-15,17-20,22,30H,5-6,11,16,21,23-24H2,1-4H3,(H,33,37)/t30-/m0/s1. The number of sulfonamides is 1. The van der Waals surface area contributed by atoms with Crippen molar-refractivity contribution >= 4 is 27.5 Å². The highest BCUT2D eigenvalue weighted by molar-refractivity contribution is 7.92. The molecule has 3 rings (SSSR count). The molecular formula is C32H41N3O6S. The smallest absolute Gasteiger partial charge is 0.243 e. The van der Waals surface area contributed by atoms with E-state index in [0.717, 1.165) is 17.4 Å². The summed E-state index contributed by atoms with van der Waals surface area (Å²) in [6, 6.07) is 23.0. The summed E-state index contributed by atoms with van der Waals surface area (Å²) in [6.45, 7) is 4.95. The first-order valence-corrected chi connectivity index (χ1v) is 16.0. The van der Waals surface area contributed by atoms with E-state index >= 15 is 0 Å². The van der Waals surface area contributed by atoms with Crippen LogP contribution in [0.2, 0.25) is 0 Å². The van der Waals surface area contributed by atoms with Crippen molar-refractivity contribution in [1.29, 1.82) is 0 Å². The Morgan fingerprint density at radius 2 is 1.60 bits per heavy atom. The Balaban J connectivity index is 1.85. The second-order valence-electron chi connectivity index (χ2n) is 9.84. The van der Waals surface area contributed by atoms with Gasteiger partial charge < -0.3 is 19.7 Å². The average Bonchev–Trinajstić information content (AvgIpc) is 2.98. The fourth-order valence-electron chi connectivity index (χ4n) is 4.69. The van der Waals surface area contributed by atoms with Gasteiger partial charge in [-0.3, -0.25) is 13.9 Å². The number of anilines is 1. The van der Waals surface area contributed by atoms with Gasteiger partial charge in [0, 0.05) is 32.5 Å². The fraction of sp³-hybridized carbons (Fsp3) is 0.375. The molecule has 0 aliphatic carbocycles. The molecule has 0 spiro atoms. The Morgan fingerprint density at radius 1 is 0.905 bits per heavy atom. The van der Waals surface area contributed by atoms with E-state index in [4.69, 9.17) is 9.47 Å². The quantitative estimate of drug-likeness (QED) is 0.263. The molecular weight excluding hydrogens is 554 g/mol. The molecule has 1 atom stereocenters. The van der Waals surface area contributed by atoms with Crippen molar-refractivity contribution in [3.8, 4) is 11.5 Å². The number of hydrogen-bond donors (Lipinski definition) is 1. The molecule has 0 saturated heterocycles. The van der Waals surface area contributed by atoms with Crippen LogP contribution in [0, 0.1) is 0 Å². The molecule has 0 fully saturated rings. The predicted molar refractivity (Wildman–Crippen MR) is 165 cm³/mol. The molecule has 0 saturated carbocycles. The molecule has 0 unspecified atom stereocenters. The summed E-state index contributed by atoms with van der Waals surface area (Å²) in [5, 5.41) is 2.88. The van der Waals surface area contributed by atoms with Crippen LogP contribution >= 0.6 is 0 Å². The molecule has 10 heteroatoms. The van der Waals surface area contributed by atoms with Crippen molar-refractivity contribution < 1.29 is 27.5 Å². The normalized spacial score (nSPS) is 11.8. The summed E-state index contributed by atoms with van der Waals surface area (Å²) in [7, 11) is -2.03. The lowest BCUT2D eigenvalue weighted by atomic mass is 10.0. The van der Waals surface area contributed by atoms with Crippen LogP contribution in [0.3, 0.4) is 0 Å². The Morgan fingerprint density at radius 3 is 2.21 bits per heavy atom. The van der Waals surface area contributed by atoms with Gasteiger partial charge >= 0.3 is 0 Å². The van der Waals surface area contributed by atoms with Gasteiger partial charge in [0.15, 0.2) is 0 Å². The predicted octanol–water partition coefficient (Wildman–Crippen LogP) is 4.42. The Hall–Kier alpha value is -4.05. The molecule has 226 valence electrons. The highest BCUT2D eigenvalue weighted by Gasteiger charge is 2.30. The van der Waals surface area contributed by atoms with E-state index in [1.165, 1.54) is 4.31 Å². The number of carbonyl (C=O) groups excluding carboxylic acids is 2. The fourth-order valence-corrected chi connectivity index (χ4v) is 5.66. The highest BCUT2D eigenvalue weighted by Crippen LogP contribution is 2.23. The van der Waals surface area contributed by atoms with Crippen LogP contribution in [0.4, 0.5) is 5.69 Å². The number of amides is 2. The number of likely N-dealkylation sites (N-methyl/N-ethyl adjacent to an activating group) is 1. The zero-order chi connectivity index (χ0) is 30.5. The molecule has 0 heterocycles. The molecule has 0 bridgehead atoms. The lowest BCUT2D eigenvalue weighted by Crippen LogP contribution is -2.50. The van der Waals surface area contributed by atoms with Crippen LogP contribution in [0.15, 0.2) is 78.9 Å². The summed E-state index contributed by atoms with van der Waals surface area (Å²) in [4.78, 5) is 28.8. The van der Waals surface area contributed by atoms with Crippen molar-refractivity contribution in [3.63, 3.8) is 0 Å². The number of carbonyl (C=O) groups is 2. The van der Waals surface area contributed by atoms with E-state index in [1.807, 2.05) is 68.4 Å². The molecule has 0 aliphatic rings. The van der Waals surface area contributed by atoms with Crippen molar-refractivity contribution in [2.24, 2.45) is 0 Å². The SMILES string of the molecule is CCNC(=O)[C@H](Cc1ccccc1)N(Cc1cccc(OC)c1)C(=O)CCCN(c1ccc(OCC)cc1)S(C)(=O)=O. The number of ether oxygens (including phenoxy) is 2. The number of benzene rings is 3. The third-order valence-corrected chi connectivity index (χ3v) is 7.89. The van der Waals surface area contributed by atoms with E-state index in [2.05, 4.69) is 5.32 Å². The molecule has 42 heavy (non-hydrogen) atoms. The van der Waals surface area contributed by atoms with E-state index in [1.54, 1.807) is 36.3 Å². The summed E-state index contributed by atoms with van der Waals surface area (Å²) in [5.41, 5.74) is 2.24. The second kappa shape index (κ2) is 15.8. The lowest BCUT2D eigenvalue weighted by molar-refractivity contribution is -0.141. The van der Waals surface area contributed by atoms with Gasteiger partial charge in [-0.15, -0.1) is 0 Å². The Kier molecular flexibility index (Phi) is 12.2. The van der Waals surface area contributed by atoms with Crippen LogP contribution in [-0.2, 0) is 32.6 Å². The maximum Gasteiger partial charge on any atom is 0.243 e. The maximum absolute atomic E-state index is 13.9. The molecule has 2 amide bonds. The third kappa shape index (κ3) is 9.51. The minimum atomic E-state index is -3.61. The molecule has 1 N–H and O–H groups in total. The highest BCUT2D eigenvalue weighted by atomic mass is 32.2. The summed E-state index contributed by atoms with van der Waals surface area (Å²) in [5.74, 6) is 0.805. The lowest BCUT2D eigenvalue weighted by Gasteiger charge is -2.32. The number of nitrogens with zero attached hydrogens (tertiary/aromatic N) is 2.